The van der Waals surface area contributed by atoms with Crippen molar-refractivity contribution in [2.45, 2.75) is 43.5 Å². The fraction of sp³-hybridized carbons (Fsp3) is 0.321. The summed E-state index contributed by atoms with van der Waals surface area (Å²) in [5, 5.41) is 9.68. The molecule has 0 saturated carbocycles. The monoisotopic (exact) mass is 507 g/mol. The second kappa shape index (κ2) is 10.5. The molecule has 0 bridgehead atoms. The Hall–Kier alpha value is -3.06. The SMILES string of the molecule is CC1(C)O[C@@H]([C@@H](COC(c2ccccc2)(c2ccccc2)c2ccccc2)OS(C)(=O)=O)[C@@H](C#N)O1. The lowest BCUT2D eigenvalue weighted by Gasteiger charge is -2.37. The van der Waals surface area contributed by atoms with E-state index in [1.54, 1.807) is 13.8 Å². The Morgan fingerprint density at radius 2 is 1.33 bits per heavy atom. The first-order valence-corrected chi connectivity index (χ1v) is 13.4. The minimum absolute atomic E-state index is 0.200. The van der Waals surface area contributed by atoms with Crippen LogP contribution in [0, 0.1) is 11.3 Å². The third-order valence-electron chi connectivity index (χ3n) is 5.93. The second-order valence-electron chi connectivity index (χ2n) is 9.08. The van der Waals surface area contributed by atoms with Crippen LogP contribution in [0.2, 0.25) is 0 Å². The third-order valence-corrected chi connectivity index (χ3v) is 6.52. The number of nitrogens with zero attached hydrogens (tertiary/aromatic N) is 1. The molecule has 0 aliphatic carbocycles. The van der Waals surface area contributed by atoms with Crippen LogP contribution in [0.4, 0.5) is 0 Å². The lowest BCUT2D eigenvalue weighted by atomic mass is 9.80. The van der Waals surface area contributed by atoms with Crippen molar-refractivity contribution in [3.63, 3.8) is 0 Å². The van der Waals surface area contributed by atoms with Crippen molar-refractivity contribution in [2.24, 2.45) is 0 Å². The Morgan fingerprint density at radius 3 is 1.72 bits per heavy atom. The van der Waals surface area contributed by atoms with Gasteiger partial charge in [0.2, 0.25) is 0 Å². The Bertz CT molecular complexity index is 1190. The molecule has 0 aromatic heterocycles. The average Bonchev–Trinajstić information content (AvgIpc) is 3.19. The van der Waals surface area contributed by atoms with Crippen LogP contribution >= 0.6 is 0 Å². The number of benzene rings is 3. The quantitative estimate of drug-likeness (QED) is 0.313. The molecular weight excluding hydrogens is 478 g/mol. The van der Waals surface area contributed by atoms with E-state index >= 15 is 0 Å². The van der Waals surface area contributed by atoms with Gasteiger partial charge in [-0.05, 0) is 30.5 Å². The molecule has 3 aromatic rings. The summed E-state index contributed by atoms with van der Waals surface area (Å²) in [6.07, 6.45) is -2.20. The van der Waals surface area contributed by atoms with Gasteiger partial charge in [0, 0.05) is 0 Å². The van der Waals surface area contributed by atoms with Gasteiger partial charge in [-0.3, -0.25) is 4.18 Å². The van der Waals surface area contributed by atoms with E-state index in [-0.39, 0.29) is 6.61 Å². The molecule has 1 saturated heterocycles. The highest BCUT2D eigenvalue weighted by Crippen LogP contribution is 2.41. The molecule has 0 radical (unpaired) electrons. The molecular formula is C28H29NO6S. The topological polar surface area (TPSA) is 94.9 Å². The zero-order chi connectivity index (χ0) is 25.8. The van der Waals surface area contributed by atoms with E-state index in [1.807, 2.05) is 91.0 Å². The lowest BCUT2D eigenvalue weighted by molar-refractivity contribution is -0.157. The van der Waals surface area contributed by atoms with Gasteiger partial charge in [-0.1, -0.05) is 91.0 Å². The zero-order valence-electron chi connectivity index (χ0n) is 20.4. The molecule has 0 unspecified atom stereocenters. The number of ether oxygens (including phenoxy) is 3. The van der Waals surface area contributed by atoms with Gasteiger partial charge >= 0.3 is 0 Å². The third kappa shape index (κ3) is 5.67. The molecule has 36 heavy (non-hydrogen) atoms. The minimum Gasteiger partial charge on any atom is -0.358 e. The van der Waals surface area contributed by atoms with Crippen molar-refractivity contribution < 1.29 is 26.8 Å². The Labute approximate surface area is 212 Å². The normalized spacial score (nSPS) is 20.5. The molecule has 7 nitrogen and oxygen atoms in total. The average molecular weight is 508 g/mol. The smallest absolute Gasteiger partial charge is 0.264 e. The summed E-state index contributed by atoms with van der Waals surface area (Å²) < 4.78 is 48.2. The van der Waals surface area contributed by atoms with Crippen molar-refractivity contribution in [3.8, 4) is 6.07 Å². The van der Waals surface area contributed by atoms with Gasteiger partial charge in [-0.15, -0.1) is 0 Å². The molecule has 1 heterocycles. The first-order valence-electron chi connectivity index (χ1n) is 11.6. The first kappa shape index (κ1) is 26.0. The lowest BCUT2D eigenvalue weighted by Crippen LogP contribution is -2.44. The molecule has 0 N–H and O–H groups in total. The van der Waals surface area contributed by atoms with Gasteiger partial charge in [0.15, 0.2) is 11.9 Å². The molecule has 0 spiro atoms. The summed E-state index contributed by atoms with van der Waals surface area (Å²) in [6.45, 7) is 3.13. The summed E-state index contributed by atoms with van der Waals surface area (Å²) >= 11 is 0. The Morgan fingerprint density at radius 1 is 0.889 bits per heavy atom. The summed E-state index contributed by atoms with van der Waals surface area (Å²) in [7, 11) is -3.92. The Balaban J connectivity index is 1.82. The van der Waals surface area contributed by atoms with Crippen LogP contribution in [0.3, 0.4) is 0 Å². The minimum atomic E-state index is -3.92. The van der Waals surface area contributed by atoms with Gasteiger partial charge < -0.3 is 14.2 Å². The van der Waals surface area contributed by atoms with Crippen molar-refractivity contribution in [3.05, 3.63) is 108 Å². The predicted octanol–water partition coefficient (Wildman–Crippen LogP) is 4.38. The predicted molar refractivity (Wildman–Crippen MR) is 134 cm³/mol. The van der Waals surface area contributed by atoms with Gasteiger partial charge in [-0.2, -0.15) is 13.7 Å². The summed E-state index contributed by atoms with van der Waals surface area (Å²) in [5.41, 5.74) is 1.45. The van der Waals surface area contributed by atoms with E-state index in [4.69, 9.17) is 18.4 Å². The summed E-state index contributed by atoms with van der Waals surface area (Å²) in [4.78, 5) is 0. The van der Waals surface area contributed by atoms with Crippen molar-refractivity contribution in [2.75, 3.05) is 12.9 Å². The van der Waals surface area contributed by atoms with Crippen molar-refractivity contribution in [1.29, 1.82) is 5.26 Å². The number of hydrogen-bond donors (Lipinski definition) is 0. The maximum absolute atomic E-state index is 12.2. The van der Waals surface area contributed by atoms with Crippen LogP contribution in [-0.4, -0.2) is 45.4 Å². The van der Waals surface area contributed by atoms with E-state index in [0.29, 0.717) is 0 Å². The van der Waals surface area contributed by atoms with E-state index in [0.717, 1.165) is 22.9 Å². The molecule has 188 valence electrons. The molecule has 1 aliphatic heterocycles. The summed E-state index contributed by atoms with van der Waals surface area (Å²) in [6, 6.07) is 31.1. The van der Waals surface area contributed by atoms with Crippen LogP contribution in [0.1, 0.15) is 30.5 Å². The van der Waals surface area contributed by atoms with Crippen LogP contribution in [0.15, 0.2) is 91.0 Å². The van der Waals surface area contributed by atoms with Crippen LogP contribution in [0.25, 0.3) is 0 Å². The maximum Gasteiger partial charge on any atom is 0.264 e. The standard InChI is InChI=1S/C28H29NO6S/c1-27(2)33-24(19-29)26(34-27)25(35-36(3,30)31)20-32-28(21-13-7-4-8-14-21,22-15-9-5-10-16-22)23-17-11-6-12-18-23/h4-18,24-26H,20H2,1-3H3/t24-,25-,26-/m1/s1. The summed E-state index contributed by atoms with van der Waals surface area (Å²) in [5.74, 6) is -1.08. The number of rotatable bonds is 9. The molecule has 1 fully saturated rings. The molecule has 3 atom stereocenters. The zero-order valence-corrected chi connectivity index (χ0v) is 21.2. The van der Waals surface area contributed by atoms with E-state index < -0.39 is 39.8 Å². The van der Waals surface area contributed by atoms with E-state index in [2.05, 4.69) is 6.07 Å². The van der Waals surface area contributed by atoms with Gasteiger partial charge in [0.1, 0.15) is 17.8 Å². The van der Waals surface area contributed by atoms with Crippen molar-refractivity contribution >= 4 is 10.1 Å². The van der Waals surface area contributed by atoms with Gasteiger partial charge in [0.05, 0.1) is 18.9 Å². The first-order chi connectivity index (χ1) is 17.1. The molecule has 8 heteroatoms. The van der Waals surface area contributed by atoms with E-state index in [1.165, 1.54) is 0 Å². The van der Waals surface area contributed by atoms with Gasteiger partial charge in [-0.25, -0.2) is 0 Å². The fourth-order valence-corrected chi connectivity index (χ4v) is 5.15. The van der Waals surface area contributed by atoms with Crippen LogP contribution in [0.5, 0.6) is 0 Å². The highest BCUT2D eigenvalue weighted by atomic mass is 32.2. The van der Waals surface area contributed by atoms with Gasteiger partial charge in [0.25, 0.3) is 10.1 Å². The van der Waals surface area contributed by atoms with Crippen molar-refractivity contribution in [1.82, 2.24) is 0 Å². The number of hydrogen-bond acceptors (Lipinski definition) is 7. The second-order valence-corrected chi connectivity index (χ2v) is 10.7. The van der Waals surface area contributed by atoms with Crippen LogP contribution < -0.4 is 0 Å². The maximum atomic E-state index is 12.2. The highest BCUT2D eigenvalue weighted by molar-refractivity contribution is 7.86. The molecule has 0 amide bonds. The number of nitriles is 1. The van der Waals surface area contributed by atoms with Crippen LogP contribution in [-0.2, 0) is 34.1 Å². The highest BCUT2D eigenvalue weighted by Gasteiger charge is 2.48. The largest absolute Gasteiger partial charge is 0.358 e. The molecule has 1 aliphatic rings. The Kier molecular flexibility index (Phi) is 7.59. The molecule has 3 aromatic carbocycles. The molecule has 4 rings (SSSR count). The van der Waals surface area contributed by atoms with E-state index in [9.17, 15) is 13.7 Å². The fourth-order valence-electron chi connectivity index (χ4n) is 4.54.